The molecule has 3 N–H and O–H groups in total. The Hall–Kier alpha value is -4.33. The molecule has 1 aliphatic heterocycles. The molecule has 6 rings (SSSR count). The standard InChI is InChI=1S/C33H37N5O3/c1-40-28-19-26-27(20-29(28)41-2)36-32(37-30(26)34)38-16-14-33(15-17-38,21-22-8-4-3-5-9-22)31(39)35-25-13-12-23-10-6-7-11-24(23)18-25/h3-11,19-20,25H,12-18,21H2,1-2H3,(H,35,39)(H2,34,36,37). The second kappa shape index (κ2) is 11.3. The molecule has 8 nitrogen and oxygen atoms in total. The van der Waals surface area contributed by atoms with Crippen LogP contribution in [0.1, 0.15) is 36.0 Å². The third kappa shape index (κ3) is 5.38. The highest BCUT2D eigenvalue weighted by atomic mass is 16.5. The van der Waals surface area contributed by atoms with Gasteiger partial charge in [-0.05, 0) is 61.3 Å². The van der Waals surface area contributed by atoms with Crippen molar-refractivity contribution in [3.63, 3.8) is 0 Å². The molecule has 1 amide bonds. The Balaban J connectivity index is 1.23. The van der Waals surface area contributed by atoms with Crippen LogP contribution in [-0.4, -0.2) is 49.2 Å². The van der Waals surface area contributed by atoms with Gasteiger partial charge in [-0.3, -0.25) is 4.79 Å². The molecule has 0 radical (unpaired) electrons. The fourth-order valence-electron chi connectivity index (χ4n) is 6.37. The number of nitrogens with two attached hydrogens (primary N) is 1. The van der Waals surface area contributed by atoms with Crippen molar-refractivity contribution in [1.82, 2.24) is 15.3 Å². The van der Waals surface area contributed by atoms with Gasteiger partial charge in [0.25, 0.3) is 0 Å². The first-order valence-corrected chi connectivity index (χ1v) is 14.3. The number of carbonyl (C=O) groups is 1. The molecule has 3 aromatic carbocycles. The molecule has 0 spiro atoms. The van der Waals surface area contributed by atoms with Gasteiger partial charge < -0.3 is 25.4 Å². The smallest absolute Gasteiger partial charge is 0.227 e. The molecule has 1 unspecified atom stereocenters. The summed E-state index contributed by atoms with van der Waals surface area (Å²) in [5.74, 6) is 2.29. The summed E-state index contributed by atoms with van der Waals surface area (Å²) in [6.45, 7) is 1.32. The molecule has 2 aliphatic rings. The van der Waals surface area contributed by atoms with E-state index < -0.39 is 5.41 Å². The third-order valence-corrected chi connectivity index (χ3v) is 8.77. The number of aromatic nitrogens is 2. The van der Waals surface area contributed by atoms with E-state index in [2.05, 4.69) is 51.6 Å². The SMILES string of the molecule is COc1cc2nc(N3CCC(Cc4ccccc4)(C(=O)NC4CCc5ccccc5C4)CC3)nc(N)c2cc1OC. The molecule has 0 bridgehead atoms. The van der Waals surface area contributed by atoms with Gasteiger partial charge in [0.1, 0.15) is 5.82 Å². The van der Waals surface area contributed by atoms with Crippen LogP contribution >= 0.6 is 0 Å². The number of ether oxygens (including phenoxy) is 2. The second-order valence-electron chi connectivity index (χ2n) is 11.2. The van der Waals surface area contributed by atoms with E-state index in [1.165, 1.54) is 16.7 Å². The van der Waals surface area contributed by atoms with Gasteiger partial charge in [-0.15, -0.1) is 0 Å². The number of aryl methyl sites for hydroxylation is 1. The maximum atomic E-state index is 14.1. The van der Waals surface area contributed by atoms with Crippen molar-refractivity contribution >= 4 is 28.6 Å². The lowest BCUT2D eigenvalue weighted by Crippen LogP contribution is -2.53. The topological polar surface area (TPSA) is 103 Å². The lowest BCUT2D eigenvalue weighted by atomic mass is 9.72. The summed E-state index contributed by atoms with van der Waals surface area (Å²) >= 11 is 0. The summed E-state index contributed by atoms with van der Waals surface area (Å²) in [7, 11) is 3.19. The molecule has 8 heteroatoms. The molecular formula is C33H37N5O3. The van der Waals surface area contributed by atoms with Gasteiger partial charge in [0.2, 0.25) is 11.9 Å². The van der Waals surface area contributed by atoms with E-state index in [9.17, 15) is 4.79 Å². The van der Waals surface area contributed by atoms with Gasteiger partial charge in [-0.1, -0.05) is 54.6 Å². The number of fused-ring (bicyclic) bond motifs is 2. The fourth-order valence-corrected chi connectivity index (χ4v) is 6.37. The van der Waals surface area contributed by atoms with E-state index in [-0.39, 0.29) is 11.9 Å². The zero-order chi connectivity index (χ0) is 28.4. The van der Waals surface area contributed by atoms with Crippen molar-refractivity contribution in [3.8, 4) is 11.5 Å². The zero-order valence-electron chi connectivity index (χ0n) is 23.7. The molecule has 4 aromatic rings. The molecule has 1 saturated heterocycles. The molecule has 41 heavy (non-hydrogen) atoms. The highest BCUT2D eigenvalue weighted by molar-refractivity contribution is 5.92. The maximum absolute atomic E-state index is 14.1. The van der Waals surface area contributed by atoms with Gasteiger partial charge in [0.05, 0.1) is 25.2 Å². The number of rotatable bonds is 7. The summed E-state index contributed by atoms with van der Waals surface area (Å²) in [6, 6.07) is 22.7. The number of hydrogen-bond donors (Lipinski definition) is 2. The highest BCUT2D eigenvalue weighted by Gasteiger charge is 2.43. The Morgan fingerprint density at radius 1 is 0.976 bits per heavy atom. The lowest BCUT2D eigenvalue weighted by Gasteiger charge is -2.42. The van der Waals surface area contributed by atoms with Crippen LogP contribution in [0.25, 0.3) is 10.9 Å². The third-order valence-electron chi connectivity index (χ3n) is 8.77. The molecule has 0 saturated carbocycles. The molecule has 2 heterocycles. The minimum atomic E-state index is -0.506. The van der Waals surface area contributed by atoms with Crippen LogP contribution in [0.3, 0.4) is 0 Å². The first kappa shape index (κ1) is 26.9. The van der Waals surface area contributed by atoms with Crippen LogP contribution in [0, 0.1) is 5.41 Å². The number of nitrogens with one attached hydrogen (secondary N) is 1. The number of amides is 1. The van der Waals surface area contributed by atoms with Gasteiger partial charge in [0, 0.05) is 30.6 Å². The largest absolute Gasteiger partial charge is 0.493 e. The molecular weight excluding hydrogens is 514 g/mol. The van der Waals surface area contributed by atoms with Crippen LogP contribution in [0.15, 0.2) is 66.7 Å². The van der Waals surface area contributed by atoms with Crippen LogP contribution in [-0.2, 0) is 24.1 Å². The average molecular weight is 552 g/mol. The van der Waals surface area contributed by atoms with Crippen LogP contribution in [0.5, 0.6) is 11.5 Å². The number of methoxy groups -OCH3 is 2. The Morgan fingerprint density at radius 2 is 1.66 bits per heavy atom. The van der Waals surface area contributed by atoms with E-state index in [0.29, 0.717) is 61.1 Å². The molecule has 1 aliphatic carbocycles. The number of hydrogen-bond acceptors (Lipinski definition) is 7. The summed E-state index contributed by atoms with van der Waals surface area (Å²) in [5, 5.41) is 4.19. The number of piperidine rings is 1. The maximum Gasteiger partial charge on any atom is 0.227 e. The summed E-state index contributed by atoms with van der Waals surface area (Å²) < 4.78 is 10.9. The fraction of sp³-hybridized carbons (Fsp3) is 0.364. The van der Waals surface area contributed by atoms with Gasteiger partial charge in [-0.2, -0.15) is 4.98 Å². The monoisotopic (exact) mass is 551 g/mol. The van der Waals surface area contributed by atoms with E-state index in [0.717, 1.165) is 24.6 Å². The predicted molar refractivity (Wildman–Crippen MR) is 161 cm³/mol. The number of nitrogen functional groups attached to an aromatic ring is 1. The van der Waals surface area contributed by atoms with Crippen molar-refractivity contribution < 1.29 is 14.3 Å². The summed E-state index contributed by atoms with van der Waals surface area (Å²) in [5.41, 5.74) is 10.5. The second-order valence-corrected chi connectivity index (χ2v) is 11.2. The normalized spacial score (nSPS) is 18.0. The summed E-state index contributed by atoms with van der Waals surface area (Å²) in [4.78, 5) is 25.7. The number of anilines is 2. The van der Waals surface area contributed by atoms with E-state index in [4.69, 9.17) is 20.2 Å². The van der Waals surface area contributed by atoms with Crippen molar-refractivity contribution in [2.45, 2.75) is 44.6 Å². The van der Waals surface area contributed by atoms with E-state index >= 15 is 0 Å². The van der Waals surface area contributed by atoms with E-state index in [1.807, 2.05) is 30.3 Å². The minimum Gasteiger partial charge on any atom is -0.493 e. The zero-order valence-corrected chi connectivity index (χ0v) is 23.7. The van der Waals surface area contributed by atoms with Crippen LogP contribution in [0.2, 0.25) is 0 Å². The van der Waals surface area contributed by atoms with Gasteiger partial charge >= 0.3 is 0 Å². The first-order valence-electron chi connectivity index (χ1n) is 14.3. The quantitative estimate of drug-likeness (QED) is 0.342. The predicted octanol–water partition coefficient (Wildman–Crippen LogP) is 4.73. The number of carbonyl (C=O) groups excluding carboxylic acids is 1. The molecule has 1 atom stereocenters. The number of nitrogens with zero attached hydrogens (tertiary/aromatic N) is 3. The molecule has 1 aromatic heterocycles. The lowest BCUT2D eigenvalue weighted by molar-refractivity contribution is -0.133. The van der Waals surface area contributed by atoms with Crippen molar-refractivity contribution in [2.75, 3.05) is 37.9 Å². The molecule has 1 fully saturated rings. The Labute approximate surface area is 240 Å². The Kier molecular flexibility index (Phi) is 7.39. The van der Waals surface area contributed by atoms with Crippen molar-refractivity contribution in [2.24, 2.45) is 5.41 Å². The molecule has 212 valence electrons. The minimum absolute atomic E-state index is 0.152. The highest BCUT2D eigenvalue weighted by Crippen LogP contribution is 2.39. The number of benzene rings is 3. The van der Waals surface area contributed by atoms with Gasteiger partial charge in [-0.25, -0.2) is 4.98 Å². The summed E-state index contributed by atoms with van der Waals surface area (Å²) in [6.07, 6.45) is 4.95. The van der Waals surface area contributed by atoms with Crippen LogP contribution < -0.4 is 25.4 Å². The van der Waals surface area contributed by atoms with Crippen LogP contribution in [0.4, 0.5) is 11.8 Å². The Bertz CT molecular complexity index is 1550. The van der Waals surface area contributed by atoms with E-state index in [1.54, 1.807) is 14.2 Å². The van der Waals surface area contributed by atoms with Crippen molar-refractivity contribution in [1.29, 1.82) is 0 Å². The van der Waals surface area contributed by atoms with Gasteiger partial charge in [0.15, 0.2) is 11.5 Å². The first-order chi connectivity index (χ1) is 20.0. The van der Waals surface area contributed by atoms with Crippen molar-refractivity contribution in [3.05, 3.63) is 83.4 Å². The average Bonchev–Trinajstić information content (AvgIpc) is 3.01. The Morgan fingerprint density at radius 3 is 2.39 bits per heavy atom.